The van der Waals surface area contributed by atoms with E-state index >= 15 is 0 Å². The van der Waals surface area contributed by atoms with Crippen LogP contribution in [0.25, 0.3) is 0 Å². The molecule has 1 N–H and O–H groups in total. The molecule has 1 rings (SSSR count). The number of unbranched alkanes of at least 4 members (excludes halogenated alkanes) is 1. The number of ether oxygens (including phenoxy) is 1. The van der Waals surface area contributed by atoms with E-state index in [4.69, 9.17) is 9.15 Å². The van der Waals surface area contributed by atoms with Crippen molar-refractivity contribution in [2.75, 3.05) is 13.2 Å². The molecule has 1 aromatic heterocycles. The van der Waals surface area contributed by atoms with E-state index in [1.54, 1.807) is 12.1 Å². The number of rotatable bonds is 7. The van der Waals surface area contributed by atoms with E-state index in [1.165, 1.54) is 6.26 Å². The Balaban J connectivity index is 2.01. The number of carbonyl (C=O) groups is 1. The van der Waals surface area contributed by atoms with E-state index in [1.807, 2.05) is 13.8 Å². The molecule has 0 aliphatic rings. The molecule has 0 radical (unpaired) electrons. The Bertz CT molecular complexity index is 293. The van der Waals surface area contributed by atoms with Crippen molar-refractivity contribution in [1.29, 1.82) is 0 Å². The van der Waals surface area contributed by atoms with Crippen LogP contribution in [0.15, 0.2) is 22.8 Å². The van der Waals surface area contributed by atoms with Gasteiger partial charge in [-0.15, -0.1) is 0 Å². The third-order valence-electron chi connectivity index (χ3n) is 2.05. The Hall–Kier alpha value is -1.29. The normalized spacial score (nSPS) is 10.7. The maximum Gasteiger partial charge on any atom is 0.286 e. The summed E-state index contributed by atoms with van der Waals surface area (Å²) >= 11 is 0. The van der Waals surface area contributed by atoms with E-state index in [0.717, 1.165) is 19.4 Å². The van der Waals surface area contributed by atoms with Crippen LogP contribution in [-0.2, 0) is 4.74 Å². The second kappa shape index (κ2) is 7.06. The Morgan fingerprint density at radius 2 is 2.31 bits per heavy atom. The lowest BCUT2D eigenvalue weighted by Crippen LogP contribution is -2.24. The highest BCUT2D eigenvalue weighted by atomic mass is 16.5. The molecule has 0 spiro atoms. The van der Waals surface area contributed by atoms with Gasteiger partial charge in [0, 0.05) is 13.2 Å². The number of nitrogens with one attached hydrogen (secondary N) is 1. The largest absolute Gasteiger partial charge is 0.459 e. The molecule has 0 aliphatic heterocycles. The van der Waals surface area contributed by atoms with Crippen molar-refractivity contribution in [2.24, 2.45) is 0 Å². The van der Waals surface area contributed by atoms with Gasteiger partial charge in [0.15, 0.2) is 5.76 Å². The second-order valence-corrected chi connectivity index (χ2v) is 3.86. The van der Waals surface area contributed by atoms with Crippen molar-refractivity contribution in [3.05, 3.63) is 24.2 Å². The van der Waals surface area contributed by atoms with Gasteiger partial charge in [0.25, 0.3) is 5.91 Å². The van der Waals surface area contributed by atoms with Crippen LogP contribution in [0.2, 0.25) is 0 Å². The number of furan rings is 1. The first-order valence-electron chi connectivity index (χ1n) is 5.63. The Labute approximate surface area is 96.0 Å². The topological polar surface area (TPSA) is 51.5 Å². The summed E-state index contributed by atoms with van der Waals surface area (Å²) in [6.45, 7) is 5.42. The van der Waals surface area contributed by atoms with Gasteiger partial charge < -0.3 is 14.5 Å². The highest BCUT2D eigenvalue weighted by Gasteiger charge is 2.06. The maximum absolute atomic E-state index is 11.4. The first-order chi connectivity index (χ1) is 7.70. The molecule has 90 valence electrons. The van der Waals surface area contributed by atoms with Gasteiger partial charge in [-0.25, -0.2) is 0 Å². The predicted molar refractivity (Wildman–Crippen MR) is 61.4 cm³/mol. The van der Waals surface area contributed by atoms with Gasteiger partial charge in [-0.05, 0) is 38.8 Å². The van der Waals surface area contributed by atoms with Gasteiger partial charge in [-0.1, -0.05) is 0 Å². The highest BCUT2D eigenvalue weighted by molar-refractivity contribution is 5.91. The molecule has 1 amide bonds. The molecule has 0 atom stereocenters. The Morgan fingerprint density at radius 1 is 1.50 bits per heavy atom. The maximum atomic E-state index is 11.4. The van der Waals surface area contributed by atoms with E-state index in [-0.39, 0.29) is 12.0 Å². The van der Waals surface area contributed by atoms with Gasteiger partial charge >= 0.3 is 0 Å². The Morgan fingerprint density at radius 3 is 2.94 bits per heavy atom. The molecule has 16 heavy (non-hydrogen) atoms. The molecule has 0 unspecified atom stereocenters. The lowest BCUT2D eigenvalue weighted by molar-refractivity contribution is 0.0753. The molecule has 4 heteroatoms. The van der Waals surface area contributed by atoms with Crippen molar-refractivity contribution in [2.45, 2.75) is 32.8 Å². The lowest BCUT2D eigenvalue weighted by Gasteiger charge is -2.07. The fraction of sp³-hybridized carbons (Fsp3) is 0.583. The molecular weight excluding hydrogens is 206 g/mol. The van der Waals surface area contributed by atoms with Crippen LogP contribution in [0.4, 0.5) is 0 Å². The van der Waals surface area contributed by atoms with Crippen molar-refractivity contribution in [3.63, 3.8) is 0 Å². The second-order valence-electron chi connectivity index (χ2n) is 3.86. The minimum atomic E-state index is -0.158. The summed E-state index contributed by atoms with van der Waals surface area (Å²) in [7, 11) is 0. The average Bonchev–Trinajstić information content (AvgIpc) is 2.75. The van der Waals surface area contributed by atoms with E-state index < -0.39 is 0 Å². The van der Waals surface area contributed by atoms with Crippen molar-refractivity contribution < 1.29 is 13.9 Å². The smallest absolute Gasteiger partial charge is 0.286 e. The number of carbonyl (C=O) groups excluding carboxylic acids is 1. The van der Waals surface area contributed by atoms with Gasteiger partial charge in [0.05, 0.1) is 12.4 Å². The van der Waals surface area contributed by atoms with Crippen LogP contribution in [0.1, 0.15) is 37.2 Å². The van der Waals surface area contributed by atoms with Crippen LogP contribution < -0.4 is 5.32 Å². The van der Waals surface area contributed by atoms with Crippen LogP contribution in [-0.4, -0.2) is 25.2 Å². The fourth-order valence-corrected chi connectivity index (χ4v) is 1.24. The fourth-order valence-electron chi connectivity index (χ4n) is 1.24. The summed E-state index contributed by atoms with van der Waals surface area (Å²) in [6, 6.07) is 3.35. The molecule has 0 aliphatic carbocycles. The number of hydrogen-bond acceptors (Lipinski definition) is 3. The van der Waals surface area contributed by atoms with Crippen LogP contribution in [0, 0.1) is 0 Å². The van der Waals surface area contributed by atoms with Crippen LogP contribution >= 0.6 is 0 Å². The lowest BCUT2D eigenvalue weighted by atomic mass is 10.3. The number of hydrogen-bond donors (Lipinski definition) is 1. The third-order valence-corrected chi connectivity index (χ3v) is 2.05. The standard InChI is InChI=1S/C12H19NO3/c1-10(2)15-8-4-3-7-13-12(14)11-6-5-9-16-11/h5-6,9-10H,3-4,7-8H2,1-2H3,(H,13,14). The summed E-state index contributed by atoms with van der Waals surface area (Å²) in [4.78, 5) is 11.4. The SMILES string of the molecule is CC(C)OCCCCNC(=O)c1ccco1. The van der Waals surface area contributed by atoms with Crippen molar-refractivity contribution in [1.82, 2.24) is 5.32 Å². The molecule has 0 bridgehead atoms. The summed E-state index contributed by atoms with van der Waals surface area (Å²) < 4.78 is 10.4. The number of amides is 1. The molecule has 0 aromatic carbocycles. The highest BCUT2D eigenvalue weighted by Crippen LogP contribution is 1.99. The molecule has 0 saturated carbocycles. The van der Waals surface area contributed by atoms with Crippen LogP contribution in [0.3, 0.4) is 0 Å². The molecule has 0 saturated heterocycles. The van der Waals surface area contributed by atoms with Crippen molar-refractivity contribution >= 4 is 5.91 Å². The monoisotopic (exact) mass is 225 g/mol. The zero-order valence-corrected chi connectivity index (χ0v) is 9.86. The Kier molecular flexibility index (Phi) is 5.64. The molecule has 4 nitrogen and oxygen atoms in total. The van der Waals surface area contributed by atoms with Crippen LogP contribution in [0.5, 0.6) is 0 Å². The van der Waals surface area contributed by atoms with E-state index in [0.29, 0.717) is 12.3 Å². The minimum Gasteiger partial charge on any atom is -0.459 e. The predicted octanol–water partition coefficient (Wildman–Crippen LogP) is 2.21. The van der Waals surface area contributed by atoms with Gasteiger partial charge in [0.2, 0.25) is 0 Å². The first kappa shape index (κ1) is 12.8. The third kappa shape index (κ3) is 4.98. The summed E-state index contributed by atoms with van der Waals surface area (Å²) in [5.41, 5.74) is 0. The summed E-state index contributed by atoms with van der Waals surface area (Å²) in [5, 5.41) is 2.78. The molecule has 1 aromatic rings. The quantitative estimate of drug-likeness (QED) is 0.724. The summed E-state index contributed by atoms with van der Waals surface area (Å²) in [5.74, 6) is 0.202. The molecular formula is C12H19NO3. The first-order valence-corrected chi connectivity index (χ1v) is 5.63. The average molecular weight is 225 g/mol. The van der Waals surface area contributed by atoms with Crippen molar-refractivity contribution in [3.8, 4) is 0 Å². The minimum absolute atomic E-state index is 0.158. The zero-order chi connectivity index (χ0) is 11.8. The van der Waals surface area contributed by atoms with Gasteiger partial charge in [-0.3, -0.25) is 4.79 Å². The zero-order valence-electron chi connectivity index (χ0n) is 9.86. The molecule has 1 heterocycles. The van der Waals surface area contributed by atoms with Gasteiger partial charge in [0.1, 0.15) is 0 Å². The van der Waals surface area contributed by atoms with E-state index in [9.17, 15) is 4.79 Å². The molecule has 0 fully saturated rings. The van der Waals surface area contributed by atoms with E-state index in [2.05, 4.69) is 5.32 Å². The summed E-state index contributed by atoms with van der Waals surface area (Å²) in [6.07, 6.45) is 3.64. The van der Waals surface area contributed by atoms with Gasteiger partial charge in [-0.2, -0.15) is 0 Å².